The number of hydrogen-bond acceptors (Lipinski definition) is 5. The van der Waals surface area contributed by atoms with Crippen LogP contribution in [0.3, 0.4) is 0 Å². The zero-order valence-electron chi connectivity index (χ0n) is 44.4. The van der Waals surface area contributed by atoms with E-state index in [4.69, 9.17) is 4.74 Å². The largest absolute Gasteiger partial charge is 0.466 e. The highest BCUT2D eigenvalue weighted by atomic mass is 16.5. The molecule has 6 nitrogen and oxygen atoms in total. The molecule has 0 saturated heterocycles. The van der Waals surface area contributed by atoms with Gasteiger partial charge in [0, 0.05) is 12.8 Å². The first kappa shape index (κ1) is 64.3. The van der Waals surface area contributed by atoms with Crippen molar-refractivity contribution in [1.82, 2.24) is 5.32 Å². The van der Waals surface area contributed by atoms with Crippen LogP contribution in [0.2, 0.25) is 0 Å². The van der Waals surface area contributed by atoms with E-state index in [-0.39, 0.29) is 18.5 Å². The van der Waals surface area contributed by atoms with Gasteiger partial charge in [0.15, 0.2) is 0 Å². The molecule has 390 valence electrons. The van der Waals surface area contributed by atoms with Gasteiger partial charge in [0.1, 0.15) is 0 Å². The second-order valence-corrected chi connectivity index (χ2v) is 20.3. The normalized spacial score (nSPS) is 12.7. The van der Waals surface area contributed by atoms with Gasteiger partial charge < -0.3 is 20.3 Å². The number of rotatable bonds is 55. The van der Waals surface area contributed by atoms with Gasteiger partial charge in [-0.1, -0.05) is 276 Å². The van der Waals surface area contributed by atoms with Gasteiger partial charge in [-0.15, -0.1) is 0 Å². The summed E-state index contributed by atoms with van der Waals surface area (Å²) in [6.45, 7) is 4.91. The Labute approximate surface area is 411 Å². The predicted molar refractivity (Wildman–Crippen MR) is 287 cm³/mol. The molecule has 66 heavy (non-hydrogen) atoms. The Balaban J connectivity index is 3.41. The predicted octanol–water partition coefficient (Wildman–Crippen LogP) is 18.2. The third-order valence-electron chi connectivity index (χ3n) is 13.7. The van der Waals surface area contributed by atoms with Crippen LogP contribution in [-0.2, 0) is 14.3 Å². The highest BCUT2D eigenvalue weighted by molar-refractivity contribution is 5.76. The van der Waals surface area contributed by atoms with E-state index in [1.165, 1.54) is 257 Å². The molecule has 0 radical (unpaired) electrons. The molecule has 0 aromatic rings. The quantitative estimate of drug-likeness (QED) is 0.0321. The van der Waals surface area contributed by atoms with Crippen molar-refractivity contribution >= 4 is 11.9 Å². The molecule has 0 aliphatic heterocycles. The molecule has 1 amide bonds. The molecule has 0 aliphatic carbocycles. The first-order valence-corrected chi connectivity index (χ1v) is 29.6. The fourth-order valence-corrected chi connectivity index (χ4v) is 9.16. The minimum Gasteiger partial charge on any atom is -0.466 e. The molecule has 0 aliphatic rings. The molecule has 2 atom stereocenters. The molecule has 0 saturated carbocycles. The number of carbonyl (C=O) groups is 2. The van der Waals surface area contributed by atoms with Crippen molar-refractivity contribution in [3.63, 3.8) is 0 Å². The van der Waals surface area contributed by atoms with Gasteiger partial charge >= 0.3 is 5.97 Å². The fraction of sp³-hybridized carbons (Fsp3) is 0.900. The molecule has 0 spiro atoms. The lowest BCUT2D eigenvalue weighted by Crippen LogP contribution is -2.45. The van der Waals surface area contributed by atoms with E-state index in [0.717, 1.165) is 38.5 Å². The monoisotopic (exact) mass is 930 g/mol. The Morgan fingerprint density at radius 3 is 1.08 bits per heavy atom. The van der Waals surface area contributed by atoms with Gasteiger partial charge in [0.2, 0.25) is 5.91 Å². The van der Waals surface area contributed by atoms with E-state index in [1.807, 2.05) is 6.08 Å². The van der Waals surface area contributed by atoms with Crippen LogP contribution in [0.25, 0.3) is 0 Å². The maximum absolute atomic E-state index is 12.4. The Morgan fingerprint density at radius 2 is 0.712 bits per heavy atom. The number of amides is 1. The zero-order chi connectivity index (χ0) is 47.9. The number of allylic oxidation sites excluding steroid dienone is 3. The van der Waals surface area contributed by atoms with E-state index >= 15 is 0 Å². The number of ether oxygens (including phenoxy) is 1. The molecule has 0 heterocycles. The Morgan fingerprint density at radius 1 is 0.409 bits per heavy atom. The van der Waals surface area contributed by atoms with Crippen LogP contribution >= 0.6 is 0 Å². The van der Waals surface area contributed by atoms with E-state index in [0.29, 0.717) is 19.4 Å². The topological polar surface area (TPSA) is 95.9 Å². The molecular weight excluding hydrogens is 815 g/mol. The Kier molecular flexibility index (Phi) is 54.5. The van der Waals surface area contributed by atoms with Crippen LogP contribution in [0.4, 0.5) is 0 Å². The van der Waals surface area contributed by atoms with Gasteiger partial charge in [-0.05, 0) is 57.8 Å². The van der Waals surface area contributed by atoms with Crippen molar-refractivity contribution in [2.75, 3.05) is 13.2 Å². The van der Waals surface area contributed by atoms with Gasteiger partial charge in [0.25, 0.3) is 0 Å². The molecule has 0 rings (SSSR count). The SMILES string of the molecule is CCCCCCCCCCCCC/C=C/C(O)C(CO)NC(=O)CCCCCCCCCC/C=C\CCCCCCCCCCCCCCOC(=O)CCCCCCCCCCCCCC. The van der Waals surface area contributed by atoms with Crippen LogP contribution < -0.4 is 5.32 Å². The Hall–Kier alpha value is -1.66. The van der Waals surface area contributed by atoms with Crippen molar-refractivity contribution < 1.29 is 24.5 Å². The molecule has 0 fully saturated rings. The summed E-state index contributed by atoms with van der Waals surface area (Å²) in [6, 6.07) is -0.630. The molecule has 6 heteroatoms. The summed E-state index contributed by atoms with van der Waals surface area (Å²) < 4.78 is 5.47. The summed E-state index contributed by atoms with van der Waals surface area (Å²) >= 11 is 0. The first-order chi connectivity index (χ1) is 32.5. The average molecular weight is 931 g/mol. The lowest BCUT2D eigenvalue weighted by molar-refractivity contribution is -0.143. The summed E-state index contributed by atoms with van der Waals surface area (Å²) in [5.74, 6) is -0.0593. The van der Waals surface area contributed by atoms with Gasteiger partial charge in [-0.3, -0.25) is 9.59 Å². The lowest BCUT2D eigenvalue weighted by Gasteiger charge is -2.20. The number of nitrogens with one attached hydrogen (secondary N) is 1. The second kappa shape index (κ2) is 55.9. The maximum atomic E-state index is 12.4. The summed E-state index contributed by atoms with van der Waals surface area (Å²) in [7, 11) is 0. The van der Waals surface area contributed by atoms with Crippen LogP contribution in [0, 0.1) is 0 Å². The fourth-order valence-electron chi connectivity index (χ4n) is 9.16. The van der Waals surface area contributed by atoms with E-state index in [9.17, 15) is 19.8 Å². The van der Waals surface area contributed by atoms with E-state index in [2.05, 4.69) is 31.3 Å². The summed E-state index contributed by atoms with van der Waals surface area (Å²) in [6.07, 6.45) is 67.8. The zero-order valence-corrected chi connectivity index (χ0v) is 44.4. The minimum atomic E-state index is -0.846. The highest BCUT2D eigenvalue weighted by Gasteiger charge is 2.18. The van der Waals surface area contributed by atoms with Crippen LogP contribution in [-0.4, -0.2) is 47.4 Å². The third kappa shape index (κ3) is 51.7. The number of carbonyl (C=O) groups excluding carboxylic acids is 2. The molecule has 0 aromatic heterocycles. The Bertz CT molecular complexity index is 1030. The van der Waals surface area contributed by atoms with Crippen molar-refractivity contribution in [3.8, 4) is 0 Å². The number of esters is 1. The van der Waals surface area contributed by atoms with Crippen LogP contribution in [0.1, 0.15) is 322 Å². The van der Waals surface area contributed by atoms with Crippen molar-refractivity contribution in [2.24, 2.45) is 0 Å². The number of aliphatic hydroxyl groups excluding tert-OH is 2. The van der Waals surface area contributed by atoms with Crippen LogP contribution in [0.15, 0.2) is 24.3 Å². The summed E-state index contributed by atoms with van der Waals surface area (Å²) in [4.78, 5) is 24.4. The minimum absolute atomic E-state index is 0.0127. The molecule has 3 N–H and O–H groups in total. The first-order valence-electron chi connectivity index (χ1n) is 29.6. The third-order valence-corrected chi connectivity index (χ3v) is 13.7. The summed E-state index contributed by atoms with van der Waals surface area (Å²) in [5, 5.41) is 23.1. The number of aliphatic hydroxyl groups is 2. The molecule has 0 aromatic carbocycles. The summed E-state index contributed by atoms with van der Waals surface area (Å²) in [5.41, 5.74) is 0. The van der Waals surface area contributed by atoms with Gasteiger partial charge in [-0.25, -0.2) is 0 Å². The molecule has 0 bridgehead atoms. The number of unbranched alkanes of at least 4 members (excludes halogenated alkanes) is 42. The maximum Gasteiger partial charge on any atom is 0.305 e. The van der Waals surface area contributed by atoms with Crippen molar-refractivity contribution in [3.05, 3.63) is 24.3 Å². The smallest absolute Gasteiger partial charge is 0.305 e. The molecular formula is C60H115NO5. The number of hydrogen-bond donors (Lipinski definition) is 3. The average Bonchev–Trinajstić information content (AvgIpc) is 3.32. The van der Waals surface area contributed by atoms with E-state index < -0.39 is 12.1 Å². The van der Waals surface area contributed by atoms with Crippen molar-refractivity contribution in [1.29, 1.82) is 0 Å². The standard InChI is InChI=1S/C60H115NO5/c1-3-5-7-9-11-13-15-29-32-36-40-44-48-52-58(63)57(56-62)61-59(64)53-49-45-41-37-33-30-27-25-23-21-19-17-18-20-22-24-26-28-31-35-39-43-47-51-55-66-60(65)54-50-46-42-38-34-16-14-12-10-8-6-4-2/h19,21,48,52,57-58,62-63H,3-18,20,22-47,49-51,53-56H2,1-2H3,(H,61,64)/b21-19-,52-48+. The highest BCUT2D eigenvalue weighted by Crippen LogP contribution is 2.17. The van der Waals surface area contributed by atoms with Gasteiger partial charge in [-0.2, -0.15) is 0 Å². The van der Waals surface area contributed by atoms with Crippen molar-refractivity contribution in [2.45, 2.75) is 334 Å². The van der Waals surface area contributed by atoms with E-state index in [1.54, 1.807) is 6.08 Å². The van der Waals surface area contributed by atoms with Crippen LogP contribution in [0.5, 0.6) is 0 Å². The van der Waals surface area contributed by atoms with Gasteiger partial charge in [0.05, 0.1) is 25.4 Å². The molecule has 2 unspecified atom stereocenters. The second-order valence-electron chi connectivity index (χ2n) is 20.3. The lowest BCUT2D eigenvalue weighted by atomic mass is 10.0.